The van der Waals surface area contributed by atoms with Gasteiger partial charge in [-0.1, -0.05) is 0 Å². The monoisotopic (exact) mass is 315 g/mol. The Morgan fingerprint density at radius 1 is 1.09 bits per heavy atom. The third-order valence-corrected chi connectivity index (χ3v) is 3.43. The average molecular weight is 315 g/mol. The molecular formula is C17H21N3O3. The quantitative estimate of drug-likeness (QED) is 0.848. The van der Waals surface area contributed by atoms with Gasteiger partial charge in [-0.25, -0.2) is 0 Å². The second-order valence-corrected chi connectivity index (χ2v) is 5.52. The lowest BCUT2D eigenvalue weighted by Gasteiger charge is -2.13. The van der Waals surface area contributed by atoms with E-state index < -0.39 is 11.8 Å². The van der Waals surface area contributed by atoms with Crippen LogP contribution in [0.2, 0.25) is 0 Å². The van der Waals surface area contributed by atoms with Crippen LogP contribution in [-0.2, 0) is 16.1 Å². The average Bonchev–Trinajstić information content (AvgIpc) is 2.83. The number of nitrogens with one attached hydrogen (secondary N) is 2. The lowest BCUT2D eigenvalue weighted by molar-refractivity contribution is -0.136. The zero-order valence-corrected chi connectivity index (χ0v) is 13.8. The molecule has 0 saturated heterocycles. The topological polar surface area (TPSA) is 74.6 Å². The predicted octanol–water partition coefficient (Wildman–Crippen LogP) is 2.22. The summed E-state index contributed by atoms with van der Waals surface area (Å²) < 4.78 is 5.38. The Bertz CT molecular complexity index is 702. The molecule has 6 heteroatoms. The number of aryl methyl sites for hydroxylation is 2. The number of carbonyl (C=O) groups excluding carboxylic acids is 2. The first-order valence-electron chi connectivity index (χ1n) is 7.29. The van der Waals surface area contributed by atoms with E-state index in [1.54, 1.807) is 12.1 Å². The lowest BCUT2D eigenvalue weighted by Crippen LogP contribution is -2.35. The summed E-state index contributed by atoms with van der Waals surface area (Å²) in [5.41, 5.74) is 2.45. The largest absolute Gasteiger partial charge is 0.466 e. The molecule has 0 spiro atoms. The molecule has 2 amide bonds. The van der Waals surface area contributed by atoms with Crippen LogP contribution in [0, 0.1) is 13.8 Å². The Morgan fingerprint density at radius 2 is 1.74 bits per heavy atom. The van der Waals surface area contributed by atoms with Gasteiger partial charge in [-0.3, -0.25) is 9.59 Å². The van der Waals surface area contributed by atoms with E-state index in [-0.39, 0.29) is 6.54 Å². The second kappa shape index (κ2) is 7.00. The van der Waals surface area contributed by atoms with Crippen LogP contribution >= 0.6 is 0 Å². The van der Waals surface area contributed by atoms with E-state index in [4.69, 9.17) is 4.42 Å². The van der Waals surface area contributed by atoms with Gasteiger partial charge >= 0.3 is 11.8 Å². The molecule has 0 aliphatic rings. The Labute approximate surface area is 135 Å². The van der Waals surface area contributed by atoms with E-state index in [0.717, 1.165) is 22.8 Å². The molecule has 122 valence electrons. The maximum atomic E-state index is 11.9. The normalized spacial score (nSPS) is 10.3. The number of hydrogen-bond donors (Lipinski definition) is 2. The molecule has 0 atom stereocenters. The van der Waals surface area contributed by atoms with Crippen LogP contribution in [0.1, 0.15) is 17.1 Å². The van der Waals surface area contributed by atoms with Crippen molar-refractivity contribution in [1.29, 1.82) is 0 Å². The third-order valence-electron chi connectivity index (χ3n) is 3.43. The minimum absolute atomic E-state index is 0.259. The number of amides is 2. The number of carbonyl (C=O) groups is 2. The number of anilines is 2. The highest BCUT2D eigenvalue weighted by Gasteiger charge is 2.14. The van der Waals surface area contributed by atoms with Crippen molar-refractivity contribution in [2.75, 3.05) is 24.3 Å². The van der Waals surface area contributed by atoms with Crippen LogP contribution in [0.3, 0.4) is 0 Å². The number of nitrogens with zero attached hydrogens (tertiary/aromatic N) is 1. The van der Waals surface area contributed by atoms with Crippen molar-refractivity contribution < 1.29 is 14.0 Å². The van der Waals surface area contributed by atoms with Crippen molar-refractivity contribution in [1.82, 2.24) is 5.32 Å². The third kappa shape index (κ3) is 4.35. The summed E-state index contributed by atoms with van der Waals surface area (Å²) in [6.07, 6.45) is 0. The highest BCUT2D eigenvalue weighted by atomic mass is 16.3. The lowest BCUT2D eigenvalue weighted by atomic mass is 10.2. The van der Waals surface area contributed by atoms with Gasteiger partial charge in [0.2, 0.25) is 0 Å². The molecule has 6 nitrogen and oxygen atoms in total. The fraction of sp³-hybridized carbons (Fsp3) is 0.294. The Hall–Kier alpha value is -2.76. The Balaban J connectivity index is 1.89. The van der Waals surface area contributed by atoms with Gasteiger partial charge in [0.25, 0.3) is 0 Å². The van der Waals surface area contributed by atoms with Crippen LogP contribution in [0.25, 0.3) is 0 Å². The number of hydrogen-bond acceptors (Lipinski definition) is 4. The minimum Gasteiger partial charge on any atom is -0.466 e. The maximum Gasteiger partial charge on any atom is 0.313 e. The van der Waals surface area contributed by atoms with Crippen LogP contribution in [0.15, 0.2) is 34.7 Å². The van der Waals surface area contributed by atoms with Crippen LogP contribution in [0.5, 0.6) is 0 Å². The first-order chi connectivity index (χ1) is 10.9. The summed E-state index contributed by atoms with van der Waals surface area (Å²) in [6.45, 7) is 3.91. The van der Waals surface area contributed by atoms with Crippen molar-refractivity contribution in [2.24, 2.45) is 0 Å². The molecular weight excluding hydrogens is 294 g/mol. The molecule has 1 heterocycles. The van der Waals surface area contributed by atoms with E-state index in [0.29, 0.717) is 5.69 Å². The minimum atomic E-state index is -0.694. The molecule has 0 radical (unpaired) electrons. The smallest absolute Gasteiger partial charge is 0.313 e. The first-order valence-corrected chi connectivity index (χ1v) is 7.29. The first kappa shape index (κ1) is 16.6. The van der Waals surface area contributed by atoms with Gasteiger partial charge in [0.05, 0.1) is 0 Å². The highest BCUT2D eigenvalue weighted by Crippen LogP contribution is 2.16. The van der Waals surface area contributed by atoms with Crippen molar-refractivity contribution >= 4 is 23.2 Å². The summed E-state index contributed by atoms with van der Waals surface area (Å²) in [5.74, 6) is 0.139. The van der Waals surface area contributed by atoms with Crippen LogP contribution in [-0.4, -0.2) is 25.9 Å². The molecule has 0 aliphatic heterocycles. The molecule has 23 heavy (non-hydrogen) atoms. The number of rotatable bonds is 4. The van der Waals surface area contributed by atoms with E-state index >= 15 is 0 Å². The standard InChI is InChI=1S/C17H21N3O3/c1-11-9-13(12(2)23-11)10-18-16(21)17(22)19-14-5-7-15(8-6-14)20(3)4/h5-9H,10H2,1-4H3,(H,18,21)(H,19,22). The molecule has 2 N–H and O–H groups in total. The SMILES string of the molecule is Cc1cc(CNC(=O)C(=O)Nc2ccc(N(C)C)cc2)c(C)o1. The fourth-order valence-corrected chi connectivity index (χ4v) is 2.15. The van der Waals surface area contributed by atoms with Crippen molar-refractivity contribution in [3.05, 3.63) is 47.4 Å². The molecule has 0 fully saturated rings. The summed E-state index contributed by atoms with van der Waals surface area (Å²) >= 11 is 0. The van der Waals surface area contributed by atoms with E-state index in [1.165, 1.54) is 0 Å². The predicted molar refractivity (Wildman–Crippen MR) is 89.4 cm³/mol. The van der Waals surface area contributed by atoms with E-state index in [9.17, 15) is 9.59 Å². The number of furan rings is 1. The van der Waals surface area contributed by atoms with Gasteiger partial charge in [0.15, 0.2) is 0 Å². The zero-order chi connectivity index (χ0) is 17.0. The van der Waals surface area contributed by atoms with Gasteiger partial charge in [0.1, 0.15) is 11.5 Å². The molecule has 0 bridgehead atoms. The van der Waals surface area contributed by atoms with Crippen LogP contribution < -0.4 is 15.5 Å². The molecule has 2 aromatic rings. The van der Waals surface area contributed by atoms with E-state index in [2.05, 4.69) is 10.6 Å². The van der Waals surface area contributed by atoms with Crippen molar-refractivity contribution in [3.63, 3.8) is 0 Å². The summed E-state index contributed by atoms with van der Waals surface area (Å²) in [4.78, 5) is 25.7. The summed E-state index contributed by atoms with van der Waals surface area (Å²) in [7, 11) is 3.86. The van der Waals surface area contributed by atoms with Gasteiger partial charge in [-0.2, -0.15) is 0 Å². The Morgan fingerprint density at radius 3 is 2.26 bits per heavy atom. The van der Waals surface area contributed by atoms with E-state index in [1.807, 2.05) is 51.0 Å². The van der Waals surface area contributed by atoms with Crippen molar-refractivity contribution in [2.45, 2.75) is 20.4 Å². The molecule has 0 saturated carbocycles. The van der Waals surface area contributed by atoms with Gasteiger partial charge in [0, 0.05) is 37.6 Å². The van der Waals surface area contributed by atoms with Gasteiger partial charge < -0.3 is 20.0 Å². The van der Waals surface area contributed by atoms with Crippen LogP contribution in [0.4, 0.5) is 11.4 Å². The highest BCUT2D eigenvalue weighted by molar-refractivity contribution is 6.39. The van der Waals surface area contributed by atoms with Gasteiger partial charge in [-0.15, -0.1) is 0 Å². The zero-order valence-electron chi connectivity index (χ0n) is 13.8. The molecule has 2 rings (SSSR count). The second-order valence-electron chi connectivity index (χ2n) is 5.52. The summed E-state index contributed by atoms with van der Waals surface area (Å²) in [5, 5.41) is 5.15. The number of benzene rings is 1. The molecule has 0 unspecified atom stereocenters. The van der Waals surface area contributed by atoms with Crippen molar-refractivity contribution in [3.8, 4) is 0 Å². The molecule has 1 aromatic heterocycles. The molecule has 1 aromatic carbocycles. The Kier molecular flexibility index (Phi) is 5.05. The molecule has 0 aliphatic carbocycles. The van der Waals surface area contributed by atoms with Gasteiger partial charge in [-0.05, 0) is 44.2 Å². The fourth-order valence-electron chi connectivity index (χ4n) is 2.15. The maximum absolute atomic E-state index is 11.9. The summed E-state index contributed by atoms with van der Waals surface area (Å²) in [6, 6.07) is 9.08.